The van der Waals surface area contributed by atoms with E-state index in [0.717, 1.165) is 29.3 Å². The molecule has 104 valence electrons. The standard InChI is InChI=1S/C15H22N2OS/c1-10(2)12-6-4-5-11(3)14(12)17-15(18)13-9-19-8-7-16-13/h4-6,10,13,16H,7-9H2,1-3H3,(H,17,18). The molecule has 19 heavy (non-hydrogen) atoms. The Morgan fingerprint density at radius 1 is 1.47 bits per heavy atom. The van der Waals surface area contributed by atoms with Gasteiger partial charge in [-0.2, -0.15) is 11.8 Å². The predicted octanol–water partition coefficient (Wildman–Crippen LogP) is 2.76. The summed E-state index contributed by atoms with van der Waals surface area (Å²) in [6, 6.07) is 6.12. The van der Waals surface area contributed by atoms with E-state index in [2.05, 4.69) is 36.6 Å². The van der Waals surface area contributed by atoms with Crippen molar-refractivity contribution in [2.75, 3.05) is 23.4 Å². The number of thioether (sulfide) groups is 1. The summed E-state index contributed by atoms with van der Waals surface area (Å²) < 4.78 is 0. The molecular formula is C15H22N2OS. The van der Waals surface area contributed by atoms with Gasteiger partial charge in [-0.05, 0) is 24.0 Å². The number of rotatable bonds is 3. The number of aryl methyl sites for hydroxylation is 1. The van der Waals surface area contributed by atoms with Gasteiger partial charge < -0.3 is 10.6 Å². The Kier molecular flexibility index (Phi) is 4.88. The van der Waals surface area contributed by atoms with Gasteiger partial charge in [0, 0.05) is 23.7 Å². The van der Waals surface area contributed by atoms with E-state index in [1.54, 1.807) is 0 Å². The smallest absolute Gasteiger partial charge is 0.242 e. The zero-order valence-electron chi connectivity index (χ0n) is 11.8. The number of carbonyl (C=O) groups is 1. The van der Waals surface area contributed by atoms with Gasteiger partial charge in [-0.25, -0.2) is 0 Å². The first-order valence-electron chi connectivity index (χ1n) is 6.81. The molecule has 1 atom stereocenters. The Labute approximate surface area is 119 Å². The second-order valence-corrected chi connectivity index (χ2v) is 6.41. The van der Waals surface area contributed by atoms with Crippen LogP contribution in [0.5, 0.6) is 0 Å². The molecule has 1 unspecified atom stereocenters. The summed E-state index contributed by atoms with van der Waals surface area (Å²) in [5.41, 5.74) is 3.32. The number of para-hydroxylation sites is 1. The second kappa shape index (κ2) is 6.44. The van der Waals surface area contributed by atoms with Crippen LogP contribution in [-0.4, -0.2) is 30.0 Å². The molecule has 1 amide bonds. The Morgan fingerprint density at radius 3 is 2.89 bits per heavy atom. The molecular weight excluding hydrogens is 256 g/mol. The molecule has 0 aromatic heterocycles. The quantitative estimate of drug-likeness (QED) is 0.893. The van der Waals surface area contributed by atoms with Crippen LogP contribution in [0.25, 0.3) is 0 Å². The van der Waals surface area contributed by atoms with E-state index in [1.807, 2.05) is 24.8 Å². The molecule has 0 radical (unpaired) electrons. The number of nitrogens with one attached hydrogen (secondary N) is 2. The molecule has 0 aliphatic carbocycles. The van der Waals surface area contributed by atoms with E-state index < -0.39 is 0 Å². The molecule has 1 aromatic carbocycles. The summed E-state index contributed by atoms with van der Waals surface area (Å²) in [7, 11) is 0. The van der Waals surface area contributed by atoms with Crippen LogP contribution < -0.4 is 10.6 Å². The van der Waals surface area contributed by atoms with Crippen molar-refractivity contribution in [1.29, 1.82) is 0 Å². The third-order valence-electron chi connectivity index (χ3n) is 3.41. The highest BCUT2D eigenvalue weighted by molar-refractivity contribution is 7.99. The van der Waals surface area contributed by atoms with Crippen LogP contribution >= 0.6 is 11.8 Å². The molecule has 1 aliphatic rings. The van der Waals surface area contributed by atoms with Crippen LogP contribution in [0.15, 0.2) is 18.2 Å². The number of anilines is 1. The molecule has 1 aromatic rings. The zero-order chi connectivity index (χ0) is 13.8. The van der Waals surface area contributed by atoms with Gasteiger partial charge in [0.2, 0.25) is 5.91 Å². The fourth-order valence-corrected chi connectivity index (χ4v) is 3.22. The summed E-state index contributed by atoms with van der Waals surface area (Å²) in [6.07, 6.45) is 0. The summed E-state index contributed by atoms with van der Waals surface area (Å²) in [5, 5.41) is 6.39. The van der Waals surface area contributed by atoms with E-state index in [-0.39, 0.29) is 11.9 Å². The minimum Gasteiger partial charge on any atom is -0.324 e. The Balaban J connectivity index is 2.15. The molecule has 0 spiro atoms. The van der Waals surface area contributed by atoms with Gasteiger partial charge in [0.05, 0.1) is 6.04 Å². The number of amides is 1. The SMILES string of the molecule is Cc1cccc(C(C)C)c1NC(=O)C1CSCCN1. The van der Waals surface area contributed by atoms with Crippen molar-refractivity contribution in [3.8, 4) is 0 Å². The van der Waals surface area contributed by atoms with Gasteiger partial charge in [0.25, 0.3) is 0 Å². The lowest BCUT2D eigenvalue weighted by molar-refractivity contribution is -0.117. The van der Waals surface area contributed by atoms with E-state index in [9.17, 15) is 4.79 Å². The third kappa shape index (κ3) is 3.51. The molecule has 1 saturated heterocycles. The molecule has 4 heteroatoms. The van der Waals surface area contributed by atoms with Gasteiger partial charge in [0.1, 0.15) is 0 Å². The van der Waals surface area contributed by atoms with Crippen LogP contribution in [-0.2, 0) is 4.79 Å². The van der Waals surface area contributed by atoms with Crippen LogP contribution in [0.3, 0.4) is 0 Å². The molecule has 2 N–H and O–H groups in total. The van der Waals surface area contributed by atoms with Crippen LogP contribution in [0.1, 0.15) is 30.9 Å². The minimum absolute atomic E-state index is 0.0710. The maximum absolute atomic E-state index is 12.3. The number of benzene rings is 1. The van der Waals surface area contributed by atoms with Crippen molar-refractivity contribution in [3.63, 3.8) is 0 Å². The molecule has 1 aliphatic heterocycles. The highest BCUT2D eigenvalue weighted by Gasteiger charge is 2.22. The van der Waals surface area contributed by atoms with E-state index in [4.69, 9.17) is 0 Å². The zero-order valence-corrected chi connectivity index (χ0v) is 12.6. The first kappa shape index (κ1) is 14.4. The van der Waals surface area contributed by atoms with Gasteiger partial charge in [-0.3, -0.25) is 4.79 Å². The van der Waals surface area contributed by atoms with E-state index in [1.165, 1.54) is 5.56 Å². The molecule has 1 heterocycles. The molecule has 0 bridgehead atoms. The van der Waals surface area contributed by atoms with E-state index in [0.29, 0.717) is 5.92 Å². The summed E-state index contributed by atoms with van der Waals surface area (Å²) in [6.45, 7) is 7.26. The Bertz CT molecular complexity index is 453. The van der Waals surface area contributed by atoms with Gasteiger partial charge in [-0.15, -0.1) is 0 Å². The molecule has 2 rings (SSSR count). The van der Waals surface area contributed by atoms with Crippen LogP contribution in [0, 0.1) is 6.92 Å². The highest BCUT2D eigenvalue weighted by atomic mass is 32.2. The Hall–Kier alpha value is -1.000. The van der Waals surface area contributed by atoms with Crippen LogP contribution in [0.4, 0.5) is 5.69 Å². The maximum Gasteiger partial charge on any atom is 0.242 e. The average Bonchev–Trinajstić information content (AvgIpc) is 2.41. The first-order chi connectivity index (χ1) is 9.09. The normalized spacial score (nSPS) is 19.5. The third-order valence-corrected chi connectivity index (χ3v) is 4.48. The summed E-state index contributed by atoms with van der Waals surface area (Å²) >= 11 is 1.83. The van der Waals surface area contributed by atoms with Gasteiger partial charge in [0.15, 0.2) is 0 Å². The fraction of sp³-hybridized carbons (Fsp3) is 0.533. The largest absolute Gasteiger partial charge is 0.324 e. The van der Waals surface area contributed by atoms with Gasteiger partial charge >= 0.3 is 0 Å². The average molecular weight is 278 g/mol. The number of hydrogen-bond donors (Lipinski definition) is 2. The molecule has 0 saturated carbocycles. The highest BCUT2D eigenvalue weighted by Crippen LogP contribution is 2.27. The van der Waals surface area contributed by atoms with Crippen molar-refractivity contribution < 1.29 is 4.79 Å². The maximum atomic E-state index is 12.3. The van der Waals surface area contributed by atoms with Crippen LogP contribution in [0.2, 0.25) is 0 Å². The molecule has 3 nitrogen and oxygen atoms in total. The molecule has 1 fully saturated rings. The lowest BCUT2D eigenvalue weighted by Gasteiger charge is -2.24. The summed E-state index contributed by atoms with van der Waals surface area (Å²) in [5.74, 6) is 2.44. The monoisotopic (exact) mass is 278 g/mol. The first-order valence-corrected chi connectivity index (χ1v) is 7.96. The number of hydrogen-bond acceptors (Lipinski definition) is 3. The fourth-order valence-electron chi connectivity index (χ4n) is 2.29. The van der Waals surface area contributed by atoms with Crippen molar-refractivity contribution in [2.45, 2.75) is 32.7 Å². The second-order valence-electron chi connectivity index (χ2n) is 5.26. The number of carbonyl (C=O) groups excluding carboxylic acids is 1. The lowest BCUT2D eigenvalue weighted by Crippen LogP contribution is -2.46. The minimum atomic E-state index is -0.0710. The van der Waals surface area contributed by atoms with Crippen molar-refractivity contribution in [3.05, 3.63) is 29.3 Å². The van der Waals surface area contributed by atoms with Crippen molar-refractivity contribution in [1.82, 2.24) is 5.32 Å². The summed E-state index contributed by atoms with van der Waals surface area (Å²) in [4.78, 5) is 12.3. The predicted molar refractivity (Wildman–Crippen MR) is 83.0 cm³/mol. The van der Waals surface area contributed by atoms with E-state index >= 15 is 0 Å². The lowest BCUT2D eigenvalue weighted by atomic mass is 9.98. The Morgan fingerprint density at radius 2 is 2.26 bits per heavy atom. The van der Waals surface area contributed by atoms with Crippen molar-refractivity contribution >= 4 is 23.4 Å². The van der Waals surface area contributed by atoms with Gasteiger partial charge in [-0.1, -0.05) is 32.0 Å². The van der Waals surface area contributed by atoms with Crippen molar-refractivity contribution in [2.24, 2.45) is 0 Å². The topological polar surface area (TPSA) is 41.1 Å².